The molecule has 1 rings (SSSR count). The Balaban J connectivity index is 2.66. The van der Waals surface area contributed by atoms with Crippen molar-refractivity contribution in [1.82, 2.24) is 5.32 Å². The van der Waals surface area contributed by atoms with Crippen molar-refractivity contribution in [2.75, 3.05) is 13.2 Å². The van der Waals surface area contributed by atoms with E-state index in [1.54, 1.807) is 18.2 Å². The van der Waals surface area contributed by atoms with Gasteiger partial charge in [-0.1, -0.05) is 34.5 Å². The molecule has 1 aromatic carbocycles. The maximum absolute atomic E-state index is 11.7. The van der Waals surface area contributed by atoms with Crippen LogP contribution in [0.15, 0.2) is 22.7 Å². The van der Waals surface area contributed by atoms with E-state index in [4.69, 9.17) is 16.7 Å². The first-order valence-corrected chi connectivity index (χ1v) is 6.05. The van der Waals surface area contributed by atoms with Crippen molar-refractivity contribution in [2.45, 2.75) is 6.92 Å². The number of carbonyl (C=O) groups excluding carboxylic acids is 1. The lowest BCUT2D eigenvalue weighted by Gasteiger charge is -2.10. The van der Waals surface area contributed by atoms with E-state index in [9.17, 15) is 4.79 Å². The van der Waals surface area contributed by atoms with Crippen LogP contribution in [0, 0.1) is 5.92 Å². The van der Waals surface area contributed by atoms with Crippen molar-refractivity contribution in [3.8, 4) is 0 Å². The van der Waals surface area contributed by atoms with E-state index in [1.807, 2.05) is 6.92 Å². The third-order valence-corrected chi connectivity index (χ3v) is 2.90. The van der Waals surface area contributed by atoms with Crippen LogP contribution in [0.1, 0.15) is 17.3 Å². The van der Waals surface area contributed by atoms with Crippen molar-refractivity contribution in [2.24, 2.45) is 5.92 Å². The Morgan fingerprint density at radius 3 is 2.88 bits per heavy atom. The molecule has 3 nitrogen and oxygen atoms in total. The molecule has 0 saturated carbocycles. The van der Waals surface area contributed by atoms with Gasteiger partial charge in [-0.25, -0.2) is 0 Å². The molecule has 2 N–H and O–H groups in total. The molecule has 0 saturated heterocycles. The van der Waals surface area contributed by atoms with Crippen LogP contribution in [0.2, 0.25) is 5.02 Å². The minimum atomic E-state index is -0.224. The van der Waals surface area contributed by atoms with Crippen molar-refractivity contribution < 1.29 is 9.90 Å². The van der Waals surface area contributed by atoms with E-state index in [1.165, 1.54) is 0 Å². The largest absolute Gasteiger partial charge is 0.396 e. The maximum Gasteiger partial charge on any atom is 0.252 e. The second-order valence-corrected chi connectivity index (χ2v) is 4.94. The van der Waals surface area contributed by atoms with Gasteiger partial charge in [-0.05, 0) is 24.1 Å². The topological polar surface area (TPSA) is 49.3 Å². The average Bonchev–Trinajstić information content (AvgIpc) is 2.25. The predicted molar refractivity (Wildman–Crippen MR) is 67.7 cm³/mol. The first-order valence-electron chi connectivity index (χ1n) is 4.88. The molecule has 1 atom stereocenters. The van der Waals surface area contributed by atoms with Gasteiger partial charge in [0.25, 0.3) is 5.91 Å². The number of hydrogen-bond acceptors (Lipinski definition) is 2. The van der Waals surface area contributed by atoms with Crippen LogP contribution >= 0.6 is 27.5 Å². The molecule has 0 heterocycles. The summed E-state index contributed by atoms with van der Waals surface area (Å²) in [6.07, 6.45) is 0. The monoisotopic (exact) mass is 305 g/mol. The lowest BCUT2D eigenvalue weighted by atomic mass is 10.1. The number of aliphatic hydroxyl groups is 1. The average molecular weight is 307 g/mol. The third kappa shape index (κ3) is 3.77. The van der Waals surface area contributed by atoms with Crippen LogP contribution in [-0.2, 0) is 0 Å². The van der Waals surface area contributed by atoms with Crippen molar-refractivity contribution in [1.29, 1.82) is 0 Å². The van der Waals surface area contributed by atoms with Gasteiger partial charge in [-0.15, -0.1) is 0 Å². The summed E-state index contributed by atoms with van der Waals surface area (Å²) in [5.74, 6) is -0.184. The van der Waals surface area contributed by atoms with Crippen molar-refractivity contribution in [3.63, 3.8) is 0 Å². The molecule has 0 fully saturated rings. The van der Waals surface area contributed by atoms with Gasteiger partial charge in [0, 0.05) is 17.6 Å². The van der Waals surface area contributed by atoms with E-state index in [2.05, 4.69) is 21.2 Å². The second kappa shape index (κ2) is 6.23. The summed E-state index contributed by atoms with van der Waals surface area (Å²) in [5.41, 5.74) is 0.440. The van der Waals surface area contributed by atoms with Crippen molar-refractivity contribution >= 4 is 33.4 Å². The number of benzene rings is 1. The molecule has 1 aromatic rings. The summed E-state index contributed by atoms with van der Waals surface area (Å²) in [7, 11) is 0. The lowest BCUT2D eigenvalue weighted by Crippen LogP contribution is -2.29. The molecular formula is C11H13BrClNO2. The summed E-state index contributed by atoms with van der Waals surface area (Å²) >= 11 is 9.20. The van der Waals surface area contributed by atoms with Gasteiger partial charge in [-0.3, -0.25) is 4.79 Å². The number of rotatable bonds is 4. The number of halogens is 2. The van der Waals surface area contributed by atoms with Crippen LogP contribution in [-0.4, -0.2) is 24.2 Å². The van der Waals surface area contributed by atoms with Gasteiger partial charge >= 0.3 is 0 Å². The van der Waals surface area contributed by atoms with Crippen LogP contribution in [0.25, 0.3) is 0 Å². The minimum Gasteiger partial charge on any atom is -0.396 e. The second-order valence-electron chi connectivity index (χ2n) is 3.62. The first kappa shape index (κ1) is 13.5. The maximum atomic E-state index is 11.7. The molecule has 0 spiro atoms. The Bertz CT molecular complexity index is 384. The molecular weight excluding hydrogens is 293 g/mol. The predicted octanol–water partition coefficient (Wildman–Crippen LogP) is 2.46. The quantitative estimate of drug-likeness (QED) is 0.898. The van der Waals surface area contributed by atoms with Gasteiger partial charge in [-0.2, -0.15) is 0 Å². The van der Waals surface area contributed by atoms with Gasteiger partial charge in [0.15, 0.2) is 0 Å². The highest BCUT2D eigenvalue weighted by Crippen LogP contribution is 2.21. The first-order chi connectivity index (χ1) is 7.54. The van der Waals surface area contributed by atoms with Crippen LogP contribution in [0.4, 0.5) is 0 Å². The zero-order chi connectivity index (χ0) is 12.1. The van der Waals surface area contributed by atoms with Crippen molar-refractivity contribution in [3.05, 3.63) is 33.3 Å². The molecule has 0 aliphatic carbocycles. The zero-order valence-corrected chi connectivity index (χ0v) is 11.2. The summed E-state index contributed by atoms with van der Waals surface area (Å²) in [6.45, 7) is 2.33. The van der Waals surface area contributed by atoms with E-state index in [0.29, 0.717) is 17.1 Å². The van der Waals surface area contributed by atoms with Gasteiger partial charge in [0.05, 0.1) is 10.6 Å². The summed E-state index contributed by atoms with van der Waals surface area (Å²) in [5, 5.41) is 11.9. The molecule has 0 aliphatic heterocycles. The summed E-state index contributed by atoms with van der Waals surface area (Å²) in [4.78, 5) is 11.7. The van der Waals surface area contributed by atoms with Crippen LogP contribution in [0.3, 0.4) is 0 Å². The fraction of sp³-hybridized carbons (Fsp3) is 0.364. The van der Waals surface area contributed by atoms with Crippen LogP contribution < -0.4 is 5.32 Å². The summed E-state index contributed by atoms with van der Waals surface area (Å²) < 4.78 is 0.831. The number of carbonyl (C=O) groups is 1. The Morgan fingerprint density at radius 2 is 2.31 bits per heavy atom. The molecule has 0 aromatic heterocycles. The fourth-order valence-electron chi connectivity index (χ4n) is 1.10. The fourth-order valence-corrected chi connectivity index (χ4v) is 1.86. The molecule has 16 heavy (non-hydrogen) atoms. The minimum absolute atomic E-state index is 0.0400. The standard InChI is InChI=1S/C11H13BrClNO2/c1-7(6-15)5-14-11(16)9-3-2-8(12)4-10(9)13/h2-4,7,15H,5-6H2,1H3,(H,14,16). The van der Waals surface area contributed by atoms with E-state index >= 15 is 0 Å². The molecule has 1 unspecified atom stereocenters. The molecule has 0 radical (unpaired) electrons. The Morgan fingerprint density at radius 1 is 1.62 bits per heavy atom. The van der Waals surface area contributed by atoms with Gasteiger partial charge < -0.3 is 10.4 Å². The Labute approximate surface area is 108 Å². The van der Waals surface area contributed by atoms with E-state index in [-0.39, 0.29) is 18.4 Å². The molecule has 1 amide bonds. The van der Waals surface area contributed by atoms with E-state index < -0.39 is 0 Å². The van der Waals surface area contributed by atoms with E-state index in [0.717, 1.165) is 4.47 Å². The Kier molecular flexibility index (Phi) is 5.25. The highest BCUT2D eigenvalue weighted by Gasteiger charge is 2.11. The third-order valence-electron chi connectivity index (χ3n) is 2.10. The molecule has 88 valence electrons. The van der Waals surface area contributed by atoms with Crippen LogP contribution in [0.5, 0.6) is 0 Å². The highest BCUT2D eigenvalue weighted by atomic mass is 79.9. The molecule has 0 bridgehead atoms. The number of hydrogen-bond donors (Lipinski definition) is 2. The zero-order valence-electron chi connectivity index (χ0n) is 8.84. The molecule has 0 aliphatic rings. The Hall–Kier alpha value is -0.580. The van der Waals surface area contributed by atoms with Gasteiger partial charge in [0.2, 0.25) is 0 Å². The lowest BCUT2D eigenvalue weighted by molar-refractivity contribution is 0.0942. The number of amides is 1. The highest BCUT2D eigenvalue weighted by molar-refractivity contribution is 9.10. The normalized spacial score (nSPS) is 12.2. The number of aliphatic hydroxyl groups excluding tert-OH is 1. The smallest absolute Gasteiger partial charge is 0.252 e. The number of nitrogens with one attached hydrogen (secondary N) is 1. The van der Waals surface area contributed by atoms with Gasteiger partial charge in [0.1, 0.15) is 0 Å². The molecule has 5 heteroatoms. The SMILES string of the molecule is CC(CO)CNC(=O)c1ccc(Br)cc1Cl. The summed E-state index contributed by atoms with van der Waals surface area (Å²) in [6, 6.07) is 5.09.